The first kappa shape index (κ1) is 14.4. The van der Waals surface area contributed by atoms with Crippen LogP contribution in [0.25, 0.3) is 0 Å². The van der Waals surface area contributed by atoms with E-state index in [1.807, 2.05) is 0 Å². The van der Waals surface area contributed by atoms with Gasteiger partial charge in [-0.2, -0.15) is 0 Å². The second-order valence-electron chi connectivity index (χ2n) is 4.79. The molecule has 1 fully saturated rings. The number of hydroxylamine groups is 1. The third kappa shape index (κ3) is 5.48. The second kappa shape index (κ2) is 8.44. The van der Waals surface area contributed by atoms with E-state index in [0.29, 0.717) is 19.1 Å². The molecule has 5 nitrogen and oxygen atoms in total. The predicted octanol–water partition coefficient (Wildman–Crippen LogP) is 1.16. The SMILES string of the molecule is CN1CCCC1CCC(CCCOC=O)NO. The van der Waals surface area contributed by atoms with E-state index in [1.165, 1.54) is 19.4 Å². The number of nitrogens with zero attached hydrogens (tertiary/aromatic N) is 1. The number of carbonyl (C=O) groups excluding carboxylic acids is 1. The van der Waals surface area contributed by atoms with Gasteiger partial charge in [-0.25, -0.2) is 5.48 Å². The number of hydrogen-bond donors (Lipinski definition) is 2. The molecule has 2 N–H and O–H groups in total. The van der Waals surface area contributed by atoms with Gasteiger partial charge in [-0.3, -0.25) is 4.79 Å². The first-order valence-electron chi connectivity index (χ1n) is 6.43. The molecular formula is C12H24N2O3. The topological polar surface area (TPSA) is 61.8 Å². The third-order valence-electron chi connectivity index (χ3n) is 3.59. The summed E-state index contributed by atoms with van der Waals surface area (Å²) in [5.41, 5.74) is 2.36. The van der Waals surface area contributed by atoms with Crippen molar-refractivity contribution in [3.05, 3.63) is 0 Å². The summed E-state index contributed by atoms with van der Waals surface area (Å²) in [7, 11) is 2.16. The molecule has 5 heteroatoms. The van der Waals surface area contributed by atoms with E-state index in [0.717, 1.165) is 25.7 Å². The van der Waals surface area contributed by atoms with E-state index in [4.69, 9.17) is 5.21 Å². The van der Waals surface area contributed by atoms with Crippen molar-refractivity contribution in [3.63, 3.8) is 0 Å². The molecule has 1 saturated heterocycles. The first-order chi connectivity index (χ1) is 8.27. The number of ether oxygens (including phenoxy) is 1. The Balaban J connectivity index is 2.11. The van der Waals surface area contributed by atoms with Crippen molar-refractivity contribution in [2.45, 2.75) is 50.6 Å². The van der Waals surface area contributed by atoms with Gasteiger partial charge in [0.05, 0.1) is 6.61 Å². The molecule has 1 aliphatic rings. The van der Waals surface area contributed by atoms with Gasteiger partial charge in [-0.05, 0) is 52.1 Å². The molecule has 0 aromatic carbocycles. The van der Waals surface area contributed by atoms with Crippen LogP contribution in [0.1, 0.15) is 38.5 Å². The fraction of sp³-hybridized carbons (Fsp3) is 0.917. The molecule has 1 rings (SSSR count). The van der Waals surface area contributed by atoms with Gasteiger partial charge in [0, 0.05) is 12.1 Å². The minimum atomic E-state index is 0.110. The lowest BCUT2D eigenvalue weighted by Gasteiger charge is -2.22. The smallest absolute Gasteiger partial charge is 0.293 e. The molecule has 0 radical (unpaired) electrons. The molecule has 17 heavy (non-hydrogen) atoms. The van der Waals surface area contributed by atoms with Crippen LogP contribution in [0.2, 0.25) is 0 Å². The van der Waals surface area contributed by atoms with Crippen LogP contribution in [0.4, 0.5) is 0 Å². The van der Waals surface area contributed by atoms with Gasteiger partial charge in [0.2, 0.25) is 0 Å². The number of hydrogen-bond acceptors (Lipinski definition) is 5. The summed E-state index contributed by atoms with van der Waals surface area (Å²) in [6.45, 7) is 2.09. The van der Waals surface area contributed by atoms with E-state index in [1.54, 1.807) is 0 Å². The number of carbonyl (C=O) groups is 1. The molecular weight excluding hydrogens is 220 g/mol. The zero-order valence-electron chi connectivity index (χ0n) is 10.6. The maximum Gasteiger partial charge on any atom is 0.293 e. The highest BCUT2D eigenvalue weighted by atomic mass is 16.5. The molecule has 2 unspecified atom stereocenters. The van der Waals surface area contributed by atoms with Crippen molar-refractivity contribution >= 4 is 6.47 Å². The van der Waals surface area contributed by atoms with Crippen molar-refractivity contribution in [2.24, 2.45) is 0 Å². The van der Waals surface area contributed by atoms with E-state index in [-0.39, 0.29) is 6.04 Å². The lowest BCUT2D eigenvalue weighted by Crippen LogP contribution is -2.30. The Hall–Kier alpha value is -0.650. The number of likely N-dealkylation sites (tertiary alicyclic amines) is 1. The van der Waals surface area contributed by atoms with Gasteiger partial charge >= 0.3 is 0 Å². The van der Waals surface area contributed by atoms with Crippen molar-refractivity contribution in [3.8, 4) is 0 Å². The fourth-order valence-corrected chi connectivity index (χ4v) is 2.47. The quantitative estimate of drug-likeness (QED) is 0.362. The van der Waals surface area contributed by atoms with Crippen LogP contribution in [0, 0.1) is 0 Å². The second-order valence-corrected chi connectivity index (χ2v) is 4.79. The molecule has 0 aliphatic carbocycles. The molecule has 0 bridgehead atoms. The zero-order chi connectivity index (χ0) is 12.5. The van der Waals surface area contributed by atoms with Gasteiger partial charge in [0.1, 0.15) is 0 Å². The first-order valence-corrected chi connectivity index (χ1v) is 6.43. The summed E-state index contributed by atoms with van der Waals surface area (Å²) in [6, 6.07) is 0.774. The van der Waals surface area contributed by atoms with Crippen LogP contribution in [0.15, 0.2) is 0 Å². The molecule has 0 aromatic heterocycles. The zero-order valence-corrected chi connectivity index (χ0v) is 10.6. The maximum atomic E-state index is 9.96. The molecule has 100 valence electrons. The van der Waals surface area contributed by atoms with Crippen LogP contribution < -0.4 is 5.48 Å². The minimum Gasteiger partial charge on any atom is -0.468 e. The summed E-state index contributed by atoms with van der Waals surface area (Å²) in [5, 5.41) is 9.05. The van der Waals surface area contributed by atoms with Crippen LogP contribution in [-0.4, -0.2) is 48.9 Å². The normalized spacial score (nSPS) is 22.6. The van der Waals surface area contributed by atoms with Gasteiger partial charge in [0.25, 0.3) is 6.47 Å². The molecule has 1 aliphatic heterocycles. The molecule has 0 aromatic rings. The van der Waals surface area contributed by atoms with Crippen LogP contribution in [-0.2, 0) is 9.53 Å². The summed E-state index contributed by atoms with van der Waals surface area (Å²) in [6.07, 6.45) is 6.25. The van der Waals surface area contributed by atoms with Crippen LogP contribution >= 0.6 is 0 Å². The summed E-state index contributed by atoms with van der Waals surface area (Å²) < 4.78 is 4.63. The van der Waals surface area contributed by atoms with Crippen molar-refractivity contribution in [2.75, 3.05) is 20.2 Å². The van der Waals surface area contributed by atoms with Crippen molar-refractivity contribution in [1.82, 2.24) is 10.4 Å². The number of rotatable bonds is 9. The molecule has 0 saturated carbocycles. The third-order valence-corrected chi connectivity index (χ3v) is 3.59. The summed E-state index contributed by atoms with van der Waals surface area (Å²) in [4.78, 5) is 12.4. The van der Waals surface area contributed by atoms with Crippen LogP contribution in [0.5, 0.6) is 0 Å². The summed E-state index contributed by atoms with van der Waals surface area (Å²) in [5.74, 6) is 0. The predicted molar refractivity (Wildman–Crippen MR) is 64.8 cm³/mol. The lowest BCUT2D eigenvalue weighted by atomic mass is 10.0. The molecule has 0 spiro atoms. The Morgan fingerprint density at radius 2 is 2.41 bits per heavy atom. The Bertz CT molecular complexity index is 214. The highest BCUT2D eigenvalue weighted by molar-refractivity contribution is 5.36. The highest BCUT2D eigenvalue weighted by Crippen LogP contribution is 2.20. The van der Waals surface area contributed by atoms with Crippen LogP contribution in [0.3, 0.4) is 0 Å². The average Bonchev–Trinajstić information content (AvgIpc) is 2.74. The highest BCUT2D eigenvalue weighted by Gasteiger charge is 2.21. The Kier molecular flexibility index (Phi) is 7.16. The van der Waals surface area contributed by atoms with Gasteiger partial charge < -0.3 is 14.8 Å². The van der Waals surface area contributed by atoms with E-state index in [2.05, 4.69) is 22.2 Å². The lowest BCUT2D eigenvalue weighted by molar-refractivity contribution is -0.128. The number of nitrogens with one attached hydrogen (secondary N) is 1. The fourth-order valence-electron chi connectivity index (χ4n) is 2.47. The Labute approximate surface area is 103 Å². The van der Waals surface area contributed by atoms with E-state index < -0.39 is 0 Å². The van der Waals surface area contributed by atoms with Gasteiger partial charge in [0.15, 0.2) is 0 Å². The Morgan fingerprint density at radius 3 is 3.00 bits per heavy atom. The average molecular weight is 244 g/mol. The van der Waals surface area contributed by atoms with Gasteiger partial charge in [-0.15, -0.1) is 0 Å². The maximum absolute atomic E-state index is 9.96. The molecule has 1 heterocycles. The summed E-state index contributed by atoms with van der Waals surface area (Å²) >= 11 is 0. The van der Waals surface area contributed by atoms with Crippen molar-refractivity contribution < 1.29 is 14.7 Å². The molecule has 2 atom stereocenters. The monoisotopic (exact) mass is 244 g/mol. The standard InChI is InChI=1S/C12H24N2O3/c1-14-8-2-5-12(14)7-6-11(13-16)4-3-9-17-10-15/h10-13,16H,2-9H2,1H3. The minimum absolute atomic E-state index is 0.110. The Morgan fingerprint density at radius 1 is 1.59 bits per heavy atom. The largest absolute Gasteiger partial charge is 0.468 e. The molecule has 0 amide bonds. The van der Waals surface area contributed by atoms with E-state index >= 15 is 0 Å². The van der Waals surface area contributed by atoms with Crippen molar-refractivity contribution in [1.29, 1.82) is 0 Å². The van der Waals surface area contributed by atoms with E-state index in [9.17, 15) is 4.79 Å². The van der Waals surface area contributed by atoms with Gasteiger partial charge in [-0.1, -0.05) is 0 Å².